The van der Waals surface area contributed by atoms with Gasteiger partial charge in [-0.2, -0.15) is 0 Å². The van der Waals surface area contributed by atoms with Crippen LogP contribution in [0.5, 0.6) is 17.2 Å². The van der Waals surface area contributed by atoms with Gasteiger partial charge in [0.05, 0.1) is 30.2 Å². The maximum absolute atomic E-state index is 12.8. The number of hydrogen-bond donors (Lipinski definition) is 3. The van der Waals surface area contributed by atoms with E-state index < -0.39 is 29.0 Å². The van der Waals surface area contributed by atoms with E-state index >= 15 is 0 Å². The van der Waals surface area contributed by atoms with E-state index in [1.54, 1.807) is 6.92 Å². The molecule has 2 aromatic carbocycles. The number of carbonyl (C=O) groups excluding carboxylic acids is 3. The van der Waals surface area contributed by atoms with Crippen molar-refractivity contribution < 1.29 is 34.4 Å². The first-order chi connectivity index (χ1) is 12.8. The highest BCUT2D eigenvalue weighted by atomic mass is 16.5. The summed E-state index contributed by atoms with van der Waals surface area (Å²) in [5.74, 6) is -3.18. The molecule has 138 valence electrons. The molecule has 1 aliphatic rings. The Morgan fingerprint density at radius 3 is 2.37 bits per heavy atom. The van der Waals surface area contributed by atoms with Gasteiger partial charge in [-0.15, -0.1) is 0 Å². The summed E-state index contributed by atoms with van der Waals surface area (Å²) in [5.41, 5.74) is -0.270. The summed E-state index contributed by atoms with van der Waals surface area (Å²) in [5, 5.41) is 30.8. The standard InChI is InChI=1S/C20H16O7/c1-9(7-15(23)27-2)6-11-14(22)8-12-17(19(11)25)18(24)10-4-3-5-13(21)16(10)20(12)26/h3-6,8,21-22,25H,7H2,1-2H3/b9-6-. The molecule has 7 nitrogen and oxygen atoms in total. The van der Waals surface area contributed by atoms with E-state index in [2.05, 4.69) is 4.74 Å². The Hall–Kier alpha value is -3.61. The first kappa shape index (κ1) is 18.2. The maximum atomic E-state index is 12.8. The van der Waals surface area contributed by atoms with Gasteiger partial charge in [0.25, 0.3) is 0 Å². The van der Waals surface area contributed by atoms with E-state index in [-0.39, 0.29) is 40.0 Å². The van der Waals surface area contributed by atoms with Crippen LogP contribution in [-0.4, -0.2) is 40.0 Å². The van der Waals surface area contributed by atoms with Crippen LogP contribution < -0.4 is 0 Å². The Balaban J connectivity index is 2.18. The zero-order chi connectivity index (χ0) is 19.9. The highest BCUT2D eigenvalue weighted by Gasteiger charge is 2.35. The second-order valence-electron chi connectivity index (χ2n) is 6.18. The van der Waals surface area contributed by atoms with Gasteiger partial charge in [0.15, 0.2) is 11.6 Å². The third-order valence-electron chi connectivity index (χ3n) is 4.35. The molecule has 0 bridgehead atoms. The Labute approximate surface area is 154 Å². The zero-order valence-electron chi connectivity index (χ0n) is 14.6. The topological polar surface area (TPSA) is 121 Å². The molecular weight excluding hydrogens is 352 g/mol. The van der Waals surface area contributed by atoms with Gasteiger partial charge in [0.2, 0.25) is 0 Å². The fourth-order valence-electron chi connectivity index (χ4n) is 3.06. The zero-order valence-corrected chi connectivity index (χ0v) is 14.6. The van der Waals surface area contributed by atoms with Crippen molar-refractivity contribution in [1.29, 1.82) is 0 Å². The normalized spacial score (nSPS) is 13.2. The second kappa shape index (κ2) is 6.60. The van der Waals surface area contributed by atoms with Crippen molar-refractivity contribution in [2.75, 3.05) is 7.11 Å². The molecule has 1 aliphatic carbocycles. The highest BCUT2D eigenvalue weighted by Crippen LogP contribution is 2.42. The molecule has 0 heterocycles. The van der Waals surface area contributed by atoms with Gasteiger partial charge in [0.1, 0.15) is 17.2 Å². The van der Waals surface area contributed by atoms with Crippen LogP contribution in [-0.2, 0) is 9.53 Å². The van der Waals surface area contributed by atoms with E-state index in [0.29, 0.717) is 5.57 Å². The first-order valence-electron chi connectivity index (χ1n) is 8.00. The Morgan fingerprint density at radius 2 is 1.70 bits per heavy atom. The lowest BCUT2D eigenvalue weighted by molar-refractivity contribution is -0.139. The lowest BCUT2D eigenvalue weighted by atomic mass is 9.81. The van der Waals surface area contributed by atoms with Crippen molar-refractivity contribution in [3.8, 4) is 17.2 Å². The SMILES string of the molecule is COC(=O)C/C(C)=C\c1c(O)cc2c(c1O)C(=O)c1cccc(O)c1C2=O. The number of methoxy groups -OCH3 is 1. The fraction of sp³-hybridized carbons (Fsp3) is 0.150. The third kappa shape index (κ3) is 2.93. The van der Waals surface area contributed by atoms with Crippen LogP contribution in [0.1, 0.15) is 50.8 Å². The van der Waals surface area contributed by atoms with Crippen LogP contribution in [0.2, 0.25) is 0 Å². The number of esters is 1. The van der Waals surface area contributed by atoms with Crippen LogP contribution in [0.25, 0.3) is 6.08 Å². The molecule has 0 amide bonds. The van der Waals surface area contributed by atoms with E-state index in [1.807, 2.05) is 0 Å². The van der Waals surface area contributed by atoms with Crippen molar-refractivity contribution in [3.63, 3.8) is 0 Å². The minimum absolute atomic E-state index is 0.0327. The van der Waals surface area contributed by atoms with Crippen molar-refractivity contribution in [1.82, 2.24) is 0 Å². The van der Waals surface area contributed by atoms with Crippen LogP contribution in [0.4, 0.5) is 0 Å². The van der Waals surface area contributed by atoms with Gasteiger partial charge < -0.3 is 20.1 Å². The summed E-state index contributed by atoms with van der Waals surface area (Å²) in [4.78, 5) is 36.9. The quantitative estimate of drug-likeness (QED) is 0.607. The summed E-state index contributed by atoms with van der Waals surface area (Å²) in [6.07, 6.45) is 1.27. The van der Waals surface area contributed by atoms with Crippen molar-refractivity contribution >= 4 is 23.6 Å². The molecule has 3 rings (SSSR count). The van der Waals surface area contributed by atoms with Crippen LogP contribution >= 0.6 is 0 Å². The number of ether oxygens (including phenoxy) is 1. The van der Waals surface area contributed by atoms with Gasteiger partial charge in [-0.05, 0) is 25.1 Å². The minimum Gasteiger partial charge on any atom is -0.507 e. The average molecular weight is 368 g/mol. The van der Waals surface area contributed by atoms with Crippen molar-refractivity contribution in [2.45, 2.75) is 13.3 Å². The molecule has 0 saturated heterocycles. The second-order valence-corrected chi connectivity index (χ2v) is 6.18. The monoisotopic (exact) mass is 368 g/mol. The molecule has 7 heteroatoms. The first-order valence-corrected chi connectivity index (χ1v) is 8.00. The molecule has 0 atom stereocenters. The summed E-state index contributed by atoms with van der Waals surface area (Å²) < 4.78 is 4.56. The lowest BCUT2D eigenvalue weighted by Crippen LogP contribution is -2.21. The molecule has 27 heavy (non-hydrogen) atoms. The summed E-state index contributed by atoms with van der Waals surface area (Å²) in [7, 11) is 1.24. The van der Waals surface area contributed by atoms with Crippen LogP contribution in [0.15, 0.2) is 29.8 Å². The number of fused-ring (bicyclic) bond motifs is 2. The van der Waals surface area contributed by atoms with E-state index in [9.17, 15) is 29.7 Å². The Bertz CT molecular complexity index is 1030. The van der Waals surface area contributed by atoms with E-state index in [1.165, 1.54) is 31.4 Å². The fourth-order valence-corrected chi connectivity index (χ4v) is 3.06. The number of benzene rings is 2. The minimum atomic E-state index is -0.676. The highest BCUT2D eigenvalue weighted by molar-refractivity contribution is 6.30. The molecule has 3 N–H and O–H groups in total. The van der Waals surface area contributed by atoms with Gasteiger partial charge in [-0.3, -0.25) is 14.4 Å². The number of carbonyl (C=O) groups is 3. The number of rotatable bonds is 3. The van der Waals surface area contributed by atoms with E-state index in [4.69, 9.17) is 0 Å². The molecule has 0 radical (unpaired) electrons. The largest absolute Gasteiger partial charge is 0.507 e. The predicted molar refractivity (Wildman–Crippen MR) is 95.0 cm³/mol. The van der Waals surface area contributed by atoms with Crippen molar-refractivity contribution in [3.05, 3.63) is 57.7 Å². The molecule has 0 aliphatic heterocycles. The smallest absolute Gasteiger partial charge is 0.309 e. The van der Waals surface area contributed by atoms with E-state index in [0.717, 1.165) is 6.07 Å². The average Bonchev–Trinajstić information content (AvgIpc) is 2.62. The molecule has 0 aromatic heterocycles. The number of phenols is 3. The van der Waals surface area contributed by atoms with Gasteiger partial charge in [-0.25, -0.2) is 0 Å². The number of phenolic OH excluding ortho intramolecular Hbond substituents is 3. The Morgan fingerprint density at radius 1 is 1.04 bits per heavy atom. The lowest BCUT2D eigenvalue weighted by Gasteiger charge is -2.20. The predicted octanol–water partition coefficient (Wildman–Crippen LogP) is 2.55. The van der Waals surface area contributed by atoms with Gasteiger partial charge >= 0.3 is 5.97 Å². The number of aromatic hydroxyl groups is 3. The van der Waals surface area contributed by atoms with Crippen molar-refractivity contribution in [2.24, 2.45) is 0 Å². The van der Waals surface area contributed by atoms with Crippen LogP contribution in [0, 0.1) is 0 Å². The summed E-state index contributed by atoms with van der Waals surface area (Å²) in [6.45, 7) is 1.59. The molecule has 0 unspecified atom stereocenters. The maximum Gasteiger partial charge on any atom is 0.309 e. The number of ketones is 2. The van der Waals surface area contributed by atoms with Crippen LogP contribution in [0.3, 0.4) is 0 Å². The summed E-state index contributed by atoms with van der Waals surface area (Å²) in [6, 6.07) is 5.15. The molecular formula is C20H16O7. The molecule has 0 spiro atoms. The Kier molecular flexibility index (Phi) is 4.45. The third-order valence-corrected chi connectivity index (χ3v) is 4.35. The molecule has 0 fully saturated rings. The molecule has 2 aromatic rings. The van der Waals surface area contributed by atoms with Gasteiger partial charge in [-0.1, -0.05) is 17.7 Å². The summed E-state index contributed by atoms with van der Waals surface area (Å²) >= 11 is 0. The molecule has 0 saturated carbocycles. The number of hydrogen-bond acceptors (Lipinski definition) is 7. The van der Waals surface area contributed by atoms with Gasteiger partial charge in [0, 0.05) is 11.1 Å².